The van der Waals surface area contributed by atoms with Crippen LogP contribution in [-0.4, -0.2) is 54.4 Å². The summed E-state index contributed by atoms with van der Waals surface area (Å²) in [6, 6.07) is 3.88. The third-order valence-electron chi connectivity index (χ3n) is 6.33. The number of ether oxygens (including phenoxy) is 2. The van der Waals surface area contributed by atoms with E-state index in [1.807, 2.05) is 54.2 Å². The lowest BCUT2D eigenvalue weighted by atomic mass is 9.76. The standard InChI is InChI=1S/C23H26N2O5/c1-24-9-17-14(18(10-24)22(27)29-3)7-8-16(17)21-20-13(12-26)5-6-15(20)19(11-25(21)2)23(28)30-4/h5,7-11,15,20-21,26H,6,12H2,1-4H3/t15-,20-,21+/m1/s1/i24+1,25+1. The lowest BCUT2D eigenvalue weighted by Gasteiger charge is -2.42. The normalized spacial score (nSPS) is 23.1. The maximum atomic E-state index is 12.4. The van der Waals surface area contributed by atoms with Crippen molar-refractivity contribution < 1.29 is 24.2 Å². The molecular formula is C23H26N2O5. The van der Waals surface area contributed by atoms with Crippen molar-refractivity contribution in [2.75, 3.05) is 27.9 Å². The fourth-order valence-corrected chi connectivity index (χ4v) is 5.05. The largest absolute Gasteiger partial charge is 0.466 e. The zero-order chi connectivity index (χ0) is 21.6. The number of aromatic nitrogens is 1. The van der Waals surface area contributed by atoms with E-state index < -0.39 is 0 Å². The molecule has 2 heterocycles. The number of methoxy groups -OCH3 is 2. The molecule has 0 aromatic carbocycles. The smallest absolute Gasteiger partial charge is 0.339 e. The maximum Gasteiger partial charge on any atom is 0.339 e. The molecular weight excluding hydrogens is 386 g/mol. The summed E-state index contributed by atoms with van der Waals surface area (Å²) in [4.78, 5) is 26.7. The van der Waals surface area contributed by atoms with Crippen molar-refractivity contribution in [3.8, 4) is 11.1 Å². The number of esters is 2. The molecule has 4 rings (SSSR count). The molecule has 0 saturated carbocycles. The number of pyridine rings is 1. The average Bonchev–Trinajstić information content (AvgIpc) is 3.36. The molecule has 0 bridgehead atoms. The van der Waals surface area contributed by atoms with E-state index >= 15 is 0 Å². The van der Waals surface area contributed by atoms with Crippen molar-refractivity contribution in [1.82, 2.24) is 9.47 Å². The van der Waals surface area contributed by atoms with Gasteiger partial charge in [-0.25, -0.2) is 9.59 Å². The summed E-state index contributed by atoms with van der Waals surface area (Å²) in [5.41, 5.74) is 4.89. The van der Waals surface area contributed by atoms with E-state index in [1.54, 1.807) is 6.20 Å². The van der Waals surface area contributed by atoms with Crippen LogP contribution in [0.3, 0.4) is 0 Å². The maximum absolute atomic E-state index is 12.4. The molecule has 3 atom stereocenters. The van der Waals surface area contributed by atoms with E-state index in [-0.39, 0.29) is 36.4 Å². The summed E-state index contributed by atoms with van der Waals surface area (Å²) in [6.07, 6.45) is 8.33. The molecule has 1 N–H and O–H groups in total. The summed E-state index contributed by atoms with van der Waals surface area (Å²) in [6.45, 7) is -0.0558. The molecule has 0 radical (unpaired) electrons. The predicted octanol–water partition coefficient (Wildman–Crippen LogP) is 2.51. The Labute approximate surface area is 175 Å². The highest BCUT2D eigenvalue weighted by Crippen LogP contribution is 2.52. The third-order valence-corrected chi connectivity index (χ3v) is 6.33. The third kappa shape index (κ3) is 3.01. The number of carbonyl (C=O) groups is 2. The Hall–Kier alpha value is -3.06. The number of aliphatic hydroxyl groups is 1. The molecule has 7 nitrogen and oxygen atoms in total. The Balaban J connectivity index is 1.85. The number of hydrogen-bond donors (Lipinski definition) is 1. The molecule has 0 amide bonds. The van der Waals surface area contributed by atoms with Crippen molar-refractivity contribution in [2.45, 2.75) is 12.5 Å². The van der Waals surface area contributed by atoms with Crippen LogP contribution in [0, 0.1) is 11.8 Å². The first-order valence-corrected chi connectivity index (χ1v) is 9.89. The van der Waals surface area contributed by atoms with Crippen LogP contribution in [0.15, 0.2) is 47.9 Å². The summed E-state index contributed by atoms with van der Waals surface area (Å²) in [5.74, 6) is -0.831. The van der Waals surface area contributed by atoms with Crippen LogP contribution in [0.25, 0.3) is 11.1 Å². The van der Waals surface area contributed by atoms with Gasteiger partial charge in [0, 0.05) is 50.1 Å². The molecule has 0 aromatic heterocycles. The first kappa shape index (κ1) is 20.2. The van der Waals surface area contributed by atoms with Gasteiger partial charge in [-0.3, -0.25) is 0 Å². The zero-order valence-corrected chi connectivity index (χ0v) is 17.6. The lowest BCUT2D eigenvalue weighted by Crippen LogP contribution is -2.38. The van der Waals surface area contributed by atoms with Gasteiger partial charge < -0.3 is 24.0 Å². The molecule has 158 valence electrons. The predicted molar refractivity (Wildman–Crippen MR) is 111 cm³/mol. The second-order valence-corrected chi connectivity index (χ2v) is 7.94. The molecule has 0 spiro atoms. The minimum Gasteiger partial charge on any atom is -0.466 e. The molecule has 0 saturated heterocycles. The number of rotatable bonds is 4. The fraction of sp³-hybridized carbons (Fsp3) is 0.391. The van der Waals surface area contributed by atoms with Gasteiger partial charge in [-0.1, -0.05) is 18.2 Å². The summed E-state index contributed by atoms with van der Waals surface area (Å²) >= 11 is 0. The average molecular weight is 412 g/mol. The van der Waals surface area contributed by atoms with Crippen LogP contribution in [0.5, 0.6) is 0 Å². The van der Waals surface area contributed by atoms with Crippen LogP contribution < -0.4 is 0 Å². The second-order valence-electron chi connectivity index (χ2n) is 7.94. The molecule has 0 fully saturated rings. The first-order chi connectivity index (χ1) is 14.4. The summed E-state index contributed by atoms with van der Waals surface area (Å²) < 4.78 is 11.8. The molecule has 7 heteroatoms. The van der Waals surface area contributed by atoms with Crippen LogP contribution in [0.4, 0.5) is 0 Å². The highest BCUT2D eigenvalue weighted by Gasteiger charge is 2.46. The first-order valence-electron chi connectivity index (χ1n) is 9.89. The Morgan fingerprint density at radius 1 is 1.10 bits per heavy atom. The van der Waals surface area contributed by atoms with E-state index in [1.165, 1.54) is 14.2 Å². The van der Waals surface area contributed by atoms with Gasteiger partial charge in [0.1, 0.15) is 0 Å². The number of allylic oxidation sites excluding steroid dienone is 1. The molecule has 0 aromatic rings. The summed E-state index contributed by atoms with van der Waals surface area (Å²) in [7, 11) is 6.57. The fourth-order valence-electron chi connectivity index (χ4n) is 5.05. The summed E-state index contributed by atoms with van der Waals surface area (Å²) in [5, 5.41) is 10.0. The number of hydrogen-bond acceptors (Lipinski definition) is 6. The van der Waals surface area contributed by atoms with Gasteiger partial charge >= 0.3 is 11.9 Å². The van der Waals surface area contributed by atoms with E-state index in [0.717, 1.165) is 22.3 Å². The topological polar surface area (TPSA) is 81.0 Å². The van der Waals surface area contributed by atoms with Crippen LogP contribution in [-0.2, 0) is 21.3 Å². The van der Waals surface area contributed by atoms with Gasteiger partial charge in [-0.05, 0) is 23.1 Å². The number of aliphatic hydroxyl groups excluding tert-OH is 1. The SMILES string of the molecule is COC(=O)C1=C[15N](C)[C@@H](c2ccc3c(C(=O)OC)c[15n](C)cc2-3)[C@@H]2C(CO)=CC[C@H]12. The highest BCUT2D eigenvalue weighted by molar-refractivity contribution is 5.98. The van der Waals surface area contributed by atoms with Crippen molar-refractivity contribution in [2.24, 2.45) is 18.9 Å². The van der Waals surface area contributed by atoms with E-state index in [2.05, 4.69) is 0 Å². The van der Waals surface area contributed by atoms with Crippen LogP contribution in [0.2, 0.25) is 0 Å². The lowest BCUT2D eigenvalue weighted by molar-refractivity contribution is -0.137. The second kappa shape index (κ2) is 7.65. The minimum absolute atomic E-state index is 0.0525. The van der Waals surface area contributed by atoms with Crippen LogP contribution >= 0.6 is 0 Å². The monoisotopic (exact) mass is 412 g/mol. The van der Waals surface area contributed by atoms with E-state index in [0.29, 0.717) is 17.6 Å². The zero-order valence-electron chi connectivity index (χ0n) is 17.6. The number of aryl methyl sites for hydroxylation is 1. The Morgan fingerprint density at radius 3 is 2.50 bits per heavy atom. The Morgan fingerprint density at radius 2 is 1.83 bits per heavy atom. The molecule has 2 aliphatic carbocycles. The number of fused-ring (bicyclic) bond motifs is 2. The van der Waals surface area contributed by atoms with Gasteiger partial charge in [0.2, 0.25) is 0 Å². The van der Waals surface area contributed by atoms with Gasteiger partial charge in [0.15, 0.2) is 0 Å². The Kier molecular flexibility index (Phi) is 5.15. The van der Waals surface area contributed by atoms with E-state index in [9.17, 15) is 14.7 Å². The van der Waals surface area contributed by atoms with E-state index in [4.69, 9.17) is 9.47 Å². The highest BCUT2D eigenvalue weighted by atomic mass is 16.5. The molecule has 2 aliphatic heterocycles. The molecule has 4 aliphatic rings. The van der Waals surface area contributed by atoms with Gasteiger partial charge in [0.05, 0.1) is 38.0 Å². The van der Waals surface area contributed by atoms with Crippen molar-refractivity contribution in [1.29, 1.82) is 0 Å². The number of carbonyl (C=O) groups excluding carboxylic acids is 2. The number of nitrogens with zero attached hydrogens (tertiary/aromatic N) is 2. The van der Waals surface area contributed by atoms with Crippen LogP contribution in [0.1, 0.15) is 28.4 Å². The van der Waals surface area contributed by atoms with Crippen molar-refractivity contribution >= 4 is 11.9 Å². The quantitative estimate of drug-likeness (QED) is 0.472. The molecule has 30 heavy (non-hydrogen) atoms. The molecule has 0 unspecified atom stereocenters. The Bertz CT molecular complexity index is 1030. The van der Waals surface area contributed by atoms with Crippen molar-refractivity contribution in [3.05, 3.63) is 59.1 Å². The minimum atomic E-state index is -0.382. The van der Waals surface area contributed by atoms with Crippen molar-refractivity contribution in [3.63, 3.8) is 0 Å². The van der Waals surface area contributed by atoms with Gasteiger partial charge in [-0.15, -0.1) is 0 Å². The van der Waals surface area contributed by atoms with Gasteiger partial charge in [0.25, 0.3) is 0 Å². The van der Waals surface area contributed by atoms with Gasteiger partial charge in [-0.2, -0.15) is 0 Å².